The molecule has 0 spiro atoms. The number of hydrogen-bond donors (Lipinski definition) is 2. The summed E-state index contributed by atoms with van der Waals surface area (Å²) in [5.74, 6) is 3.23. The van der Waals surface area contributed by atoms with Crippen LogP contribution in [0.25, 0.3) is 0 Å². The molecule has 0 aliphatic heterocycles. The molecule has 0 heterocycles. The van der Waals surface area contributed by atoms with Crippen molar-refractivity contribution in [3.05, 3.63) is 0 Å². The summed E-state index contributed by atoms with van der Waals surface area (Å²) in [5, 5.41) is 10.5. The second-order valence-electron chi connectivity index (χ2n) is 6.22. The molecule has 3 fully saturated rings. The van der Waals surface area contributed by atoms with Gasteiger partial charge in [-0.05, 0) is 62.2 Å². The zero-order chi connectivity index (χ0) is 10.5. The molecule has 0 aromatic rings. The van der Waals surface area contributed by atoms with Gasteiger partial charge in [-0.25, -0.2) is 0 Å². The third kappa shape index (κ3) is 1.72. The summed E-state index contributed by atoms with van der Waals surface area (Å²) in [6.45, 7) is 0.478. The summed E-state index contributed by atoms with van der Waals surface area (Å²) in [5.41, 5.74) is 5.27. The van der Waals surface area contributed by atoms with Crippen LogP contribution in [0.1, 0.15) is 44.9 Å². The second kappa shape index (κ2) is 3.46. The molecule has 0 aromatic carbocycles. The number of aliphatic hydroxyl groups is 1. The van der Waals surface area contributed by atoms with Crippen molar-refractivity contribution in [2.45, 2.75) is 50.5 Å². The summed E-state index contributed by atoms with van der Waals surface area (Å²) in [6.07, 6.45) is 9.08. The van der Waals surface area contributed by atoms with Gasteiger partial charge in [0.25, 0.3) is 0 Å². The normalized spacial score (nSPS) is 43.2. The molecule has 3 aliphatic rings. The SMILES string of the molecule is NCC(O)(CC1CC2CCC1C2)C1CC1. The van der Waals surface area contributed by atoms with E-state index in [-0.39, 0.29) is 0 Å². The Labute approximate surface area is 92.2 Å². The van der Waals surface area contributed by atoms with Crippen LogP contribution >= 0.6 is 0 Å². The lowest BCUT2D eigenvalue weighted by atomic mass is 9.78. The van der Waals surface area contributed by atoms with E-state index < -0.39 is 5.60 Å². The average Bonchev–Trinajstić information content (AvgIpc) is 2.92. The highest BCUT2D eigenvalue weighted by molar-refractivity contribution is 5.00. The van der Waals surface area contributed by atoms with E-state index in [4.69, 9.17) is 5.73 Å². The molecule has 0 aromatic heterocycles. The molecule has 2 heteroatoms. The molecule has 2 bridgehead atoms. The van der Waals surface area contributed by atoms with Gasteiger partial charge in [-0.1, -0.05) is 6.42 Å². The summed E-state index contributed by atoms with van der Waals surface area (Å²) in [4.78, 5) is 0. The minimum Gasteiger partial charge on any atom is -0.388 e. The van der Waals surface area contributed by atoms with E-state index in [1.165, 1.54) is 38.5 Å². The molecule has 3 aliphatic carbocycles. The van der Waals surface area contributed by atoms with Gasteiger partial charge >= 0.3 is 0 Å². The van der Waals surface area contributed by atoms with Crippen LogP contribution in [0.2, 0.25) is 0 Å². The van der Waals surface area contributed by atoms with Gasteiger partial charge in [0.1, 0.15) is 0 Å². The van der Waals surface area contributed by atoms with E-state index in [1.807, 2.05) is 0 Å². The van der Waals surface area contributed by atoms with Crippen LogP contribution in [-0.4, -0.2) is 17.3 Å². The van der Waals surface area contributed by atoms with Crippen LogP contribution < -0.4 is 5.73 Å². The van der Waals surface area contributed by atoms with E-state index in [0.717, 1.165) is 24.2 Å². The summed E-state index contributed by atoms with van der Waals surface area (Å²) < 4.78 is 0. The fourth-order valence-corrected chi connectivity index (χ4v) is 4.12. The van der Waals surface area contributed by atoms with Crippen LogP contribution in [-0.2, 0) is 0 Å². The van der Waals surface area contributed by atoms with Crippen molar-refractivity contribution in [3.8, 4) is 0 Å². The highest BCUT2D eigenvalue weighted by Crippen LogP contribution is 2.53. The minimum absolute atomic E-state index is 0.478. The quantitative estimate of drug-likeness (QED) is 0.743. The Morgan fingerprint density at radius 2 is 1.93 bits per heavy atom. The first-order valence-electron chi connectivity index (χ1n) is 6.64. The lowest BCUT2D eigenvalue weighted by Gasteiger charge is -2.33. The van der Waals surface area contributed by atoms with Gasteiger partial charge < -0.3 is 10.8 Å². The van der Waals surface area contributed by atoms with E-state index in [0.29, 0.717) is 12.5 Å². The standard InChI is InChI=1S/C13H23NO/c14-8-13(15,12-3-4-12)7-11-6-9-1-2-10(11)5-9/h9-12,15H,1-8,14H2. The van der Waals surface area contributed by atoms with Crippen molar-refractivity contribution in [1.82, 2.24) is 0 Å². The van der Waals surface area contributed by atoms with Crippen LogP contribution in [0.3, 0.4) is 0 Å². The highest BCUT2D eigenvalue weighted by Gasteiger charge is 2.48. The average molecular weight is 209 g/mol. The van der Waals surface area contributed by atoms with Crippen LogP contribution in [0.15, 0.2) is 0 Å². The molecule has 0 radical (unpaired) electrons. The predicted octanol–water partition coefficient (Wildman–Crippen LogP) is 1.91. The van der Waals surface area contributed by atoms with Gasteiger partial charge in [-0.15, -0.1) is 0 Å². The van der Waals surface area contributed by atoms with Gasteiger partial charge in [-0.3, -0.25) is 0 Å². The van der Waals surface area contributed by atoms with E-state index >= 15 is 0 Å². The minimum atomic E-state index is -0.505. The third-order valence-electron chi connectivity index (χ3n) is 5.19. The zero-order valence-corrected chi connectivity index (χ0v) is 9.49. The molecule has 3 saturated carbocycles. The Bertz CT molecular complexity index is 251. The first-order chi connectivity index (χ1) is 7.21. The van der Waals surface area contributed by atoms with Crippen LogP contribution in [0.4, 0.5) is 0 Å². The van der Waals surface area contributed by atoms with Crippen molar-refractivity contribution in [2.75, 3.05) is 6.54 Å². The first kappa shape index (κ1) is 10.1. The topological polar surface area (TPSA) is 46.2 Å². The largest absolute Gasteiger partial charge is 0.388 e. The van der Waals surface area contributed by atoms with Crippen molar-refractivity contribution in [2.24, 2.45) is 29.4 Å². The highest BCUT2D eigenvalue weighted by atomic mass is 16.3. The molecule has 0 saturated heterocycles. The van der Waals surface area contributed by atoms with Crippen molar-refractivity contribution < 1.29 is 5.11 Å². The molecular weight excluding hydrogens is 186 g/mol. The van der Waals surface area contributed by atoms with Gasteiger partial charge in [0.05, 0.1) is 5.60 Å². The molecule has 3 rings (SSSR count). The van der Waals surface area contributed by atoms with E-state index in [1.54, 1.807) is 0 Å². The smallest absolute Gasteiger partial charge is 0.0800 e. The van der Waals surface area contributed by atoms with Gasteiger partial charge in [-0.2, -0.15) is 0 Å². The summed E-state index contributed by atoms with van der Waals surface area (Å²) in [7, 11) is 0. The maximum absolute atomic E-state index is 10.5. The fourth-order valence-electron chi connectivity index (χ4n) is 4.12. The molecule has 0 amide bonds. The number of rotatable bonds is 4. The molecule has 4 unspecified atom stereocenters. The Kier molecular flexibility index (Phi) is 2.33. The van der Waals surface area contributed by atoms with E-state index in [2.05, 4.69) is 0 Å². The molecule has 15 heavy (non-hydrogen) atoms. The predicted molar refractivity (Wildman–Crippen MR) is 60.3 cm³/mol. The number of fused-ring (bicyclic) bond motifs is 2. The van der Waals surface area contributed by atoms with Gasteiger partial charge in [0, 0.05) is 6.54 Å². The lowest BCUT2D eigenvalue weighted by molar-refractivity contribution is -0.00525. The Hall–Kier alpha value is -0.0800. The maximum atomic E-state index is 10.5. The van der Waals surface area contributed by atoms with E-state index in [9.17, 15) is 5.11 Å². The zero-order valence-electron chi connectivity index (χ0n) is 9.49. The lowest BCUT2D eigenvalue weighted by Crippen LogP contribution is -2.42. The Morgan fingerprint density at radius 3 is 2.40 bits per heavy atom. The molecule has 2 nitrogen and oxygen atoms in total. The van der Waals surface area contributed by atoms with Crippen LogP contribution in [0.5, 0.6) is 0 Å². The van der Waals surface area contributed by atoms with Crippen molar-refractivity contribution in [3.63, 3.8) is 0 Å². The second-order valence-corrected chi connectivity index (χ2v) is 6.22. The first-order valence-corrected chi connectivity index (χ1v) is 6.64. The molecule has 3 N–H and O–H groups in total. The number of nitrogens with two attached hydrogens (primary N) is 1. The Morgan fingerprint density at radius 1 is 1.13 bits per heavy atom. The molecular formula is C13H23NO. The Balaban J connectivity index is 1.64. The fraction of sp³-hybridized carbons (Fsp3) is 1.00. The number of hydrogen-bond acceptors (Lipinski definition) is 2. The third-order valence-corrected chi connectivity index (χ3v) is 5.19. The molecule has 4 atom stereocenters. The monoisotopic (exact) mass is 209 g/mol. The van der Waals surface area contributed by atoms with Crippen molar-refractivity contribution >= 4 is 0 Å². The maximum Gasteiger partial charge on any atom is 0.0800 e. The van der Waals surface area contributed by atoms with Crippen LogP contribution in [0, 0.1) is 23.7 Å². The van der Waals surface area contributed by atoms with Gasteiger partial charge in [0.2, 0.25) is 0 Å². The molecule has 86 valence electrons. The summed E-state index contributed by atoms with van der Waals surface area (Å²) in [6, 6.07) is 0. The summed E-state index contributed by atoms with van der Waals surface area (Å²) >= 11 is 0. The van der Waals surface area contributed by atoms with Gasteiger partial charge in [0.15, 0.2) is 0 Å². The van der Waals surface area contributed by atoms with Crippen molar-refractivity contribution in [1.29, 1.82) is 0 Å².